The van der Waals surface area contributed by atoms with E-state index in [9.17, 15) is 39.6 Å². The number of carbonyl (C=O) groups excluding carboxylic acids is 4. The molecule has 0 saturated heterocycles. The Morgan fingerprint density at radius 2 is 0.640 bits per heavy atom. The molecule has 0 unspecified atom stereocenters. The number of carboxylic acid groups (broad SMARTS) is 4. The van der Waals surface area contributed by atoms with E-state index in [-0.39, 0.29) is 43.3 Å². The Balaban J connectivity index is 0.000000443. The van der Waals surface area contributed by atoms with Gasteiger partial charge in [0.2, 0.25) is 0 Å². The molecule has 2 rings (SSSR count). The van der Waals surface area contributed by atoms with Gasteiger partial charge in [0.15, 0.2) is 0 Å². The maximum absolute atomic E-state index is 10.3. The van der Waals surface area contributed by atoms with Gasteiger partial charge in [0, 0.05) is 22.3 Å². The fraction of sp³-hybridized carbons (Fsp3) is 0. The second kappa shape index (κ2) is 9.99. The van der Waals surface area contributed by atoms with Crippen molar-refractivity contribution in [3.8, 4) is 0 Å². The van der Waals surface area contributed by atoms with Crippen LogP contribution >= 0.6 is 0 Å². The van der Waals surface area contributed by atoms with Gasteiger partial charge in [-0.25, -0.2) is 0 Å². The molecular formula is C16H8O8Pt. The van der Waals surface area contributed by atoms with E-state index in [1.165, 1.54) is 24.3 Å². The monoisotopic (exact) mass is 523 g/mol. The minimum Gasteiger partial charge on any atom is -0.545 e. The van der Waals surface area contributed by atoms with Crippen LogP contribution in [-0.2, 0) is 21.1 Å². The molecule has 25 heavy (non-hydrogen) atoms. The van der Waals surface area contributed by atoms with Crippen LogP contribution in [0.2, 0.25) is 0 Å². The Hall–Kier alpha value is -2.99. The van der Waals surface area contributed by atoms with Crippen LogP contribution in [0.15, 0.2) is 48.5 Å². The van der Waals surface area contributed by atoms with Crippen LogP contribution < -0.4 is 20.4 Å². The van der Waals surface area contributed by atoms with Gasteiger partial charge >= 0.3 is 21.1 Å². The van der Waals surface area contributed by atoms with E-state index in [0.717, 1.165) is 24.3 Å². The second-order valence-corrected chi connectivity index (χ2v) is 4.24. The van der Waals surface area contributed by atoms with Gasteiger partial charge in [-0.3, -0.25) is 0 Å². The van der Waals surface area contributed by atoms with E-state index >= 15 is 0 Å². The molecule has 2 aromatic carbocycles. The van der Waals surface area contributed by atoms with Crippen molar-refractivity contribution in [2.45, 2.75) is 0 Å². The summed E-state index contributed by atoms with van der Waals surface area (Å²) < 4.78 is 0. The normalized spacial score (nSPS) is 8.96. The maximum atomic E-state index is 10.3. The summed E-state index contributed by atoms with van der Waals surface area (Å²) in [5, 5.41) is 41.3. The van der Waals surface area contributed by atoms with Crippen molar-refractivity contribution in [1.82, 2.24) is 0 Å². The molecule has 0 N–H and O–H groups in total. The third-order valence-electron chi connectivity index (χ3n) is 2.73. The predicted octanol–water partition coefficient (Wildman–Crippen LogP) is -3.18. The molecule has 0 saturated carbocycles. The largest absolute Gasteiger partial charge is 4.00 e. The zero-order valence-corrected chi connectivity index (χ0v) is 14.5. The number of carboxylic acids is 4. The molecule has 9 heteroatoms. The van der Waals surface area contributed by atoms with Crippen molar-refractivity contribution in [1.29, 1.82) is 0 Å². The molecule has 0 radical (unpaired) electrons. The van der Waals surface area contributed by atoms with Gasteiger partial charge in [-0.15, -0.1) is 0 Å². The van der Waals surface area contributed by atoms with Crippen molar-refractivity contribution in [2.75, 3.05) is 0 Å². The summed E-state index contributed by atoms with van der Waals surface area (Å²) in [6.07, 6.45) is 0. The van der Waals surface area contributed by atoms with Crippen LogP contribution in [0, 0.1) is 0 Å². The van der Waals surface area contributed by atoms with Gasteiger partial charge in [0.05, 0.1) is 23.9 Å². The zero-order chi connectivity index (χ0) is 18.3. The summed E-state index contributed by atoms with van der Waals surface area (Å²) in [7, 11) is 0. The minimum atomic E-state index is -1.52. The Labute approximate surface area is 155 Å². The maximum Gasteiger partial charge on any atom is 4.00 e. The Kier molecular flexibility index (Phi) is 8.80. The van der Waals surface area contributed by atoms with Crippen LogP contribution in [0.3, 0.4) is 0 Å². The summed E-state index contributed by atoms with van der Waals surface area (Å²) in [5.41, 5.74) is -1.45. The fourth-order valence-electron chi connectivity index (χ4n) is 1.68. The molecule has 0 aliphatic carbocycles. The van der Waals surface area contributed by atoms with Crippen molar-refractivity contribution in [2.24, 2.45) is 0 Å². The average molecular weight is 523 g/mol. The third kappa shape index (κ3) is 6.19. The third-order valence-corrected chi connectivity index (χ3v) is 2.73. The van der Waals surface area contributed by atoms with E-state index in [2.05, 4.69) is 0 Å². The molecular weight excluding hydrogens is 515 g/mol. The van der Waals surface area contributed by atoms with Gasteiger partial charge < -0.3 is 39.6 Å². The quantitative estimate of drug-likeness (QED) is 0.406. The topological polar surface area (TPSA) is 161 Å². The number of aromatic carboxylic acids is 4. The van der Waals surface area contributed by atoms with Crippen LogP contribution in [-0.4, -0.2) is 23.9 Å². The molecule has 130 valence electrons. The summed E-state index contributed by atoms with van der Waals surface area (Å²) in [6, 6.07) is 10.3. The average Bonchev–Trinajstić information content (AvgIpc) is 2.55. The predicted molar refractivity (Wildman–Crippen MR) is 70.2 cm³/mol. The van der Waals surface area contributed by atoms with Gasteiger partial charge in [-0.05, 0) is 0 Å². The standard InChI is InChI=1S/2C8H6O4.Pt/c2*9-7(10)5-3-1-2-4-6(5)8(11)12;/h2*1-4H,(H,9,10)(H,11,12);/q;;+4/p-4. The first kappa shape index (κ1) is 22.0. The number of hydrogen-bond donors (Lipinski definition) is 0. The van der Waals surface area contributed by atoms with Crippen LogP contribution in [0.5, 0.6) is 0 Å². The van der Waals surface area contributed by atoms with E-state index in [0.29, 0.717) is 0 Å². The first-order valence-corrected chi connectivity index (χ1v) is 6.29. The van der Waals surface area contributed by atoms with E-state index in [4.69, 9.17) is 0 Å². The fourth-order valence-corrected chi connectivity index (χ4v) is 1.68. The summed E-state index contributed by atoms with van der Waals surface area (Å²) in [4.78, 5) is 41.3. The van der Waals surface area contributed by atoms with Crippen LogP contribution in [0.4, 0.5) is 0 Å². The smallest absolute Gasteiger partial charge is 0.545 e. The van der Waals surface area contributed by atoms with Gasteiger partial charge in [0.25, 0.3) is 0 Å². The van der Waals surface area contributed by atoms with Gasteiger partial charge in [-0.2, -0.15) is 0 Å². The Morgan fingerprint density at radius 1 is 0.480 bits per heavy atom. The van der Waals surface area contributed by atoms with E-state index in [1.54, 1.807) is 0 Å². The molecule has 0 bridgehead atoms. The molecule has 8 nitrogen and oxygen atoms in total. The number of carbonyl (C=O) groups is 4. The Bertz CT molecular complexity index is 667. The Morgan fingerprint density at radius 3 is 0.760 bits per heavy atom. The molecule has 2 aromatic rings. The molecule has 0 amide bonds. The second-order valence-electron chi connectivity index (χ2n) is 4.24. The first-order valence-electron chi connectivity index (χ1n) is 6.29. The number of benzene rings is 2. The van der Waals surface area contributed by atoms with Crippen LogP contribution in [0.25, 0.3) is 0 Å². The minimum absolute atomic E-state index is 0. The molecule has 0 aliphatic rings. The van der Waals surface area contributed by atoms with Gasteiger partial charge in [-0.1, -0.05) is 48.5 Å². The summed E-state index contributed by atoms with van der Waals surface area (Å²) >= 11 is 0. The van der Waals surface area contributed by atoms with E-state index < -0.39 is 23.9 Å². The van der Waals surface area contributed by atoms with Gasteiger partial charge in [0.1, 0.15) is 0 Å². The molecule has 0 atom stereocenters. The van der Waals surface area contributed by atoms with Crippen molar-refractivity contribution in [3.05, 3.63) is 70.8 Å². The summed E-state index contributed by atoms with van der Waals surface area (Å²) in [6.45, 7) is 0. The zero-order valence-electron chi connectivity index (χ0n) is 12.2. The molecule has 0 aliphatic heterocycles. The van der Waals surface area contributed by atoms with Crippen molar-refractivity contribution in [3.63, 3.8) is 0 Å². The molecule has 0 fully saturated rings. The number of hydrogen-bond acceptors (Lipinski definition) is 8. The first-order chi connectivity index (χ1) is 11.3. The molecule has 0 aromatic heterocycles. The van der Waals surface area contributed by atoms with Crippen molar-refractivity contribution >= 4 is 23.9 Å². The summed E-state index contributed by atoms with van der Waals surface area (Å²) in [5.74, 6) is -6.07. The van der Waals surface area contributed by atoms with Crippen molar-refractivity contribution < 1.29 is 60.7 Å². The van der Waals surface area contributed by atoms with Crippen LogP contribution in [0.1, 0.15) is 41.4 Å². The van der Waals surface area contributed by atoms with E-state index in [1.807, 2.05) is 0 Å². The number of rotatable bonds is 4. The molecule has 0 heterocycles. The molecule has 0 spiro atoms. The SMILES string of the molecule is O=C([O-])c1ccccc1C(=O)[O-].O=C([O-])c1ccccc1C(=O)[O-].[Pt+4].